The van der Waals surface area contributed by atoms with Crippen LogP contribution in [0.4, 0.5) is 4.79 Å². The van der Waals surface area contributed by atoms with E-state index in [1.807, 2.05) is 49.6 Å². The normalized spacial score (nSPS) is 14.0. The Balaban J connectivity index is 1.65. The first-order chi connectivity index (χ1) is 15.9. The fraction of sp³-hybridized carbons (Fsp3) is 0.400. The zero-order chi connectivity index (χ0) is 23.8. The van der Waals surface area contributed by atoms with Gasteiger partial charge in [0, 0.05) is 24.1 Å². The van der Waals surface area contributed by atoms with Crippen LogP contribution in [0, 0.1) is 0 Å². The lowest BCUT2D eigenvalue weighted by atomic mass is 9.98. The number of carbonyl (C=O) groups excluding carboxylic acids is 2. The largest absolute Gasteiger partial charge is 0.481 e. The predicted octanol–water partition coefficient (Wildman–Crippen LogP) is 4.02. The second-order valence-corrected chi connectivity index (χ2v) is 8.93. The van der Waals surface area contributed by atoms with E-state index in [1.165, 1.54) is 0 Å². The molecule has 2 aromatic rings. The topological polar surface area (TPSA) is 105 Å². The molecule has 2 unspecified atom stereocenters. The van der Waals surface area contributed by atoms with Crippen molar-refractivity contribution in [3.63, 3.8) is 0 Å². The van der Waals surface area contributed by atoms with E-state index in [-0.39, 0.29) is 31.4 Å². The molecule has 0 aromatic heterocycles. The second-order valence-electron chi connectivity index (χ2n) is 8.02. The first-order valence-electron chi connectivity index (χ1n) is 11.1. The number of amides is 2. The zero-order valence-corrected chi connectivity index (χ0v) is 19.7. The molecular formula is C25H30N2O5S. The number of carbonyl (C=O) groups is 3. The van der Waals surface area contributed by atoms with Gasteiger partial charge in [-0.25, -0.2) is 4.79 Å². The third-order valence-corrected chi connectivity index (χ3v) is 6.54. The number of benzene rings is 2. The first-order valence-corrected chi connectivity index (χ1v) is 12.5. The molecule has 0 fully saturated rings. The monoisotopic (exact) mass is 470 g/mol. The Bertz CT molecular complexity index is 951. The van der Waals surface area contributed by atoms with E-state index in [0.717, 1.165) is 34.4 Å². The van der Waals surface area contributed by atoms with Crippen LogP contribution >= 0.6 is 11.8 Å². The van der Waals surface area contributed by atoms with Crippen LogP contribution < -0.4 is 10.6 Å². The minimum Gasteiger partial charge on any atom is -0.481 e. The molecule has 1 aliphatic carbocycles. The molecule has 33 heavy (non-hydrogen) atoms. The fourth-order valence-electron chi connectivity index (χ4n) is 4.08. The minimum absolute atomic E-state index is 0.0128. The Labute approximate surface area is 198 Å². The fourth-order valence-corrected chi connectivity index (χ4v) is 4.80. The predicted molar refractivity (Wildman–Crippen MR) is 129 cm³/mol. The molecule has 2 amide bonds. The molecule has 2 atom stereocenters. The van der Waals surface area contributed by atoms with Crippen molar-refractivity contribution in [3.05, 3.63) is 59.7 Å². The van der Waals surface area contributed by atoms with Crippen molar-refractivity contribution in [3.8, 4) is 11.1 Å². The number of hydrogen-bond donors (Lipinski definition) is 3. The number of hydrogen-bond acceptors (Lipinski definition) is 5. The van der Waals surface area contributed by atoms with Gasteiger partial charge >= 0.3 is 12.1 Å². The van der Waals surface area contributed by atoms with Crippen LogP contribution in [-0.2, 0) is 14.3 Å². The number of ether oxygens (including phenoxy) is 1. The van der Waals surface area contributed by atoms with Crippen molar-refractivity contribution >= 4 is 29.7 Å². The summed E-state index contributed by atoms with van der Waals surface area (Å²) in [6.07, 6.45) is 1.71. The van der Waals surface area contributed by atoms with E-state index >= 15 is 0 Å². The van der Waals surface area contributed by atoms with Crippen LogP contribution in [0.3, 0.4) is 0 Å². The van der Waals surface area contributed by atoms with Gasteiger partial charge in [0.05, 0.1) is 0 Å². The van der Waals surface area contributed by atoms with Crippen LogP contribution in [0.15, 0.2) is 48.5 Å². The van der Waals surface area contributed by atoms with Gasteiger partial charge in [-0.3, -0.25) is 9.59 Å². The SMILES string of the molecule is CCC(CSC)NC(=O)C(CCC(=O)O)NC(=O)OCC1c2ccccc2-c2ccccc21. The van der Waals surface area contributed by atoms with Crippen molar-refractivity contribution in [2.75, 3.05) is 18.6 Å². The zero-order valence-electron chi connectivity index (χ0n) is 18.9. The summed E-state index contributed by atoms with van der Waals surface area (Å²) in [4.78, 5) is 36.4. The molecule has 0 aliphatic heterocycles. The number of thioether (sulfide) groups is 1. The summed E-state index contributed by atoms with van der Waals surface area (Å²) in [6.45, 7) is 2.09. The molecular weight excluding hydrogens is 440 g/mol. The summed E-state index contributed by atoms with van der Waals surface area (Å²) in [5.41, 5.74) is 4.43. The second kappa shape index (κ2) is 11.7. The van der Waals surface area contributed by atoms with Crippen LogP contribution in [0.25, 0.3) is 11.1 Å². The number of carboxylic acids is 1. The van der Waals surface area contributed by atoms with Gasteiger partial charge in [0.15, 0.2) is 0 Å². The molecule has 8 heteroatoms. The van der Waals surface area contributed by atoms with Gasteiger partial charge in [-0.1, -0.05) is 55.5 Å². The average molecular weight is 471 g/mol. The molecule has 0 radical (unpaired) electrons. The van der Waals surface area contributed by atoms with Crippen molar-refractivity contribution < 1.29 is 24.2 Å². The summed E-state index contributed by atoms with van der Waals surface area (Å²) in [5, 5.41) is 14.5. The molecule has 0 heterocycles. The molecule has 0 saturated heterocycles. The standard InChI is InChI=1S/C25H30N2O5S/c1-3-16(15-33-2)26-24(30)22(12-13-23(28)29)27-25(31)32-14-21-19-10-6-4-8-17(19)18-9-5-7-11-20(18)21/h4-11,16,21-22H,3,12-15H2,1-2H3,(H,26,30)(H,27,31)(H,28,29). The molecule has 176 valence electrons. The molecule has 2 aromatic carbocycles. The summed E-state index contributed by atoms with van der Waals surface area (Å²) in [7, 11) is 0. The third kappa shape index (κ3) is 6.28. The van der Waals surface area contributed by atoms with Crippen molar-refractivity contribution in [1.82, 2.24) is 10.6 Å². The van der Waals surface area contributed by atoms with Gasteiger partial charge < -0.3 is 20.5 Å². The maximum Gasteiger partial charge on any atom is 0.407 e. The highest BCUT2D eigenvalue weighted by molar-refractivity contribution is 7.98. The van der Waals surface area contributed by atoms with Gasteiger partial charge in [0.25, 0.3) is 0 Å². The lowest BCUT2D eigenvalue weighted by Crippen LogP contribution is -2.50. The van der Waals surface area contributed by atoms with E-state index in [0.29, 0.717) is 0 Å². The van der Waals surface area contributed by atoms with Gasteiger partial charge in [0.1, 0.15) is 12.6 Å². The molecule has 0 bridgehead atoms. The maximum absolute atomic E-state index is 12.7. The number of aliphatic carboxylic acids is 1. The minimum atomic E-state index is -1.03. The van der Waals surface area contributed by atoms with Gasteiger partial charge in [-0.05, 0) is 41.4 Å². The first kappa shape index (κ1) is 24.6. The van der Waals surface area contributed by atoms with E-state index < -0.39 is 24.0 Å². The van der Waals surface area contributed by atoms with E-state index in [4.69, 9.17) is 9.84 Å². The van der Waals surface area contributed by atoms with Crippen LogP contribution in [0.5, 0.6) is 0 Å². The smallest absolute Gasteiger partial charge is 0.407 e. The van der Waals surface area contributed by atoms with Gasteiger partial charge in [-0.15, -0.1) is 0 Å². The van der Waals surface area contributed by atoms with Crippen LogP contribution in [0.2, 0.25) is 0 Å². The summed E-state index contributed by atoms with van der Waals surface area (Å²) in [6, 6.07) is 15.0. The third-order valence-electron chi connectivity index (χ3n) is 5.81. The lowest BCUT2D eigenvalue weighted by molar-refractivity contribution is -0.137. The number of fused-ring (bicyclic) bond motifs is 3. The summed E-state index contributed by atoms with van der Waals surface area (Å²) < 4.78 is 5.52. The number of rotatable bonds is 11. The van der Waals surface area contributed by atoms with Crippen molar-refractivity contribution in [2.45, 2.75) is 44.2 Å². The van der Waals surface area contributed by atoms with Gasteiger partial charge in [0.2, 0.25) is 5.91 Å². The van der Waals surface area contributed by atoms with Crippen molar-refractivity contribution in [1.29, 1.82) is 0 Å². The molecule has 0 spiro atoms. The van der Waals surface area contributed by atoms with Crippen molar-refractivity contribution in [2.24, 2.45) is 0 Å². The van der Waals surface area contributed by atoms with E-state index in [2.05, 4.69) is 22.8 Å². The molecule has 0 saturated carbocycles. The number of alkyl carbamates (subject to hydrolysis) is 1. The molecule has 3 N–H and O–H groups in total. The highest BCUT2D eigenvalue weighted by Crippen LogP contribution is 2.44. The lowest BCUT2D eigenvalue weighted by Gasteiger charge is -2.22. The molecule has 7 nitrogen and oxygen atoms in total. The van der Waals surface area contributed by atoms with Crippen LogP contribution in [0.1, 0.15) is 43.2 Å². The number of nitrogens with one attached hydrogen (secondary N) is 2. The Morgan fingerprint density at radius 1 is 1.03 bits per heavy atom. The quantitative estimate of drug-likeness (QED) is 0.458. The Kier molecular flexibility index (Phi) is 8.77. The Hall–Kier alpha value is -3.00. The molecule has 3 rings (SSSR count). The maximum atomic E-state index is 12.7. The molecule has 1 aliphatic rings. The summed E-state index contributed by atoms with van der Waals surface area (Å²) >= 11 is 1.61. The average Bonchev–Trinajstić information content (AvgIpc) is 3.13. The van der Waals surface area contributed by atoms with Crippen LogP contribution in [-0.4, -0.2) is 53.8 Å². The van der Waals surface area contributed by atoms with Gasteiger partial charge in [-0.2, -0.15) is 11.8 Å². The highest BCUT2D eigenvalue weighted by Gasteiger charge is 2.30. The Morgan fingerprint density at radius 2 is 1.64 bits per heavy atom. The van der Waals surface area contributed by atoms with E-state index in [9.17, 15) is 14.4 Å². The van der Waals surface area contributed by atoms with E-state index in [1.54, 1.807) is 11.8 Å². The summed E-state index contributed by atoms with van der Waals surface area (Å²) in [5.74, 6) is -0.789. The number of carboxylic acid groups (broad SMARTS) is 1. The Morgan fingerprint density at radius 3 is 2.18 bits per heavy atom. The highest BCUT2D eigenvalue weighted by atomic mass is 32.2.